The first-order chi connectivity index (χ1) is 12.3. The Morgan fingerprint density at radius 1 is 1.20 bits per heavy atom. The highest BCUT2D eigenvalue weighted by molar-refractivity contribution is 6.13. The second kappa shape index (κ2) is 6.61. The Bertz CT molecular complexity index is 924. The van der Waals surface area contributed by atoms with Gasteiger partial charge in [-0.25, -0.2) is 4.98 Å². The van der Waals surface area contributed by atoms with E-state index in [1.54, 1.807) is 12.3 Å². The van der Waals surface area contributed by atoms with Crippen molar-refractivity contribution in [2.45, 2.75) is 19.9 Å². The zero-order valence-corrected chi connectivity index (χ0v) is 14.2. The van der Waals surface area contributed by atoms with Crippen molar-refractivity contribution >= 4 is 22.6 Å². The second-order valence-corrected chi connectivity index (χ2v) is 6.22. The van der Waals surface area contributed by atoms with Crippen LogP contribution in [0.3, 0.4) is 0 Å². The Labute approximate surface area is 146 Å². The minimum atomic E-state index is -0.119. The first-order valence-corrected chi connectivity index (χ1v) is 8.61. The van der Waals surface area contributed by atoms with Crippen molar-refractivity contribution in [3.8, 4) is 0 Å². The molecule has 0 saturated carbocycles. The second-order valence-electron chi connectivity index (χ2n) is 6.22. The van der Waals surface area contributed by atoms with Crippen LogP contribution < -0.4 is 5.32 Å². The molecule has 3 heterocycles. The van der Waals surface area contributed by atoms with Crippen LogP contribution in [0.4, 0.5) is 5.82 Å². The highest BCUT2D eigenvalue weighted by Gasteiger charge is 2.25. The zero-order valence-electron chi connectivity index (χ0n) is 14.2. The van der Waals surface area contributed by atoms with Gasteiger partial charge >= 0.3 is 0 Å². The van der Waals surface area contributed by atoms with Gasteiger partial charge in [0.2, 0.25) is 0 Å². The zero-order chi connectivity index (χ0) is 17.2. The number of amides is 1. The molecule has 1 amide bonds. The van der Waals surface area contributed by atoms with E-state index in [1.165, 1.54) is 0 Å². The fraction of sp³-hybridized carbons (Fsp3) is 0.250. The largest absolute Gasteiger partial charge is 0.307 e. The molecule has 25 heavy (non-hydrogen) atoms. The van der Waals surface area contributed by atoms with Crippen LogP contribution in [0.1, 0.15) is 28.5 Å². The number of nitrogens with one attached hydrogen (secondary N) is 1. The molecule has 1 aromatic carbocycles. The summed E-state index contributed by atoms with van der Waals surface area (Å²) in [5.74, 6) is 0.441. The smallest absolute Gasteiger partial charge is 0.257 e. The van der Waals surface area contributed by atoms with E-state index in [4.69, 9.17) is 4.98 Å². The number of anilines is 1. The fourth-order valence-corrected chi connectivity index (χ4v) is 3.39. The number of hydrogen-bond acceptors (Lipinski definition) is 4. The monoisotopic (exact) mass is 332 g/mol. The molecule has 5 heteroatoms. The van der Waals surface area contributed by atoms with Crippen molar-refractivity contribution in [3.63, 3.8) is 0 Å². The number of rotatable bonds is 3. The maximum atomic E-state index is 13.1. The van der Waals surface area contributed by atoms with Crippen molar-refractivity contribution in [3.05, 3.63) is 65.5 Å². The summed E-state index contributed by atoms with van der Waals surface area (Å²) < 4.78 is 0. The van der Waals surface area contributed by atoms with E-state index < -0.39 is 0 Å². The number of hydrogen-bond donors (Lipinski definition) is 1. The van der Waals surface area contributed by atoms with Gasteiger partial charge in [-0.1, -0.05) is 31.2 Å². The van der Waals surface area contributed by atoms with Crippen LogP contribution in [-0.2, 0) is 13.0 Å². The molecule has 0 spiro atoms. The summed E-state index contributed by atoms with van der Waals surface area (Å²) in [4.78, 5) is 24.5. The number of likely N-dealkylation sites (N-methyl/N-ethyl adjacent to an activating group) is 1. The Morgan fingerprint density at radius 3 is 2.84 bits per heavy atom. The van der Waals surface area contributed by atoms with Crippen LogP contribution in [0.15, 0.2) is 48.7 Å². The molecular weight excluding hydrogens is 312 g/mol. The Morgan fingerprint density at radius 2 is 2.04 bits per heavy atom. The maximum Gasteiger partial charge on any atom is 0.257 e. The van der Waals surface area contributed by atoms with Crippen LogP contribution >= 0.6 is 0 Å². The van der Waals surface area contributed by atoms with Crippen LogP contribution in [0.2, 0.25) is 0 Å². The molecule has 0 unspecified atom stereocenters. The van der Waals surface area contributed by atoms with Gasteiger partial charge < -0.3 is 5.32 Å². The summed E-state index contributed by atoms with van der Waals surface area (Å²) in [5.41, 5.74) is 3.68. The summed E-state index contributed by atoms with van der Waals surface area (Å²) in [5, 5.41) is 3.83. The SMILES string of the molecule is CCN1CCc2nc3ccccc3c(C(=O)Nc3ccccn3)c2C1. The summed E-state index contributed by atoms with van der Waals surface area (Å²) in [6.45, 7) is 4.85. The molecule has 0 atom stereocenters. The first-order valence-electron chi connectivity index (χ1n) is 8.61. The molecule has 0 bridgehead atoms. The summed E-state index contributed by atoms with van der Waals surface area (Å²) in [7, 11) is 0. The minimum absolute atomic E-state index is 0.119. The van der Waals surface area contributed by atoms with E-state index in [0.717, 1.165) is 53.8 Å². The van der Waals surface area contributed by atoms with Crippen molar-refractivity contribution in [1.82, 2.24) is 14.9 Å². The van der Waals surface area contributed by atoms with Crippen molar-refractivity contribution in [2.24, 2.45) is 0 Å². The molecule has 2 aromatic heterocycles. The molecule has 1 aliphatic heterocycles. The summed E-state index contributed by atoms with van der Waals surface area (Å²) in [6, 6.07) is 13.4. The van der Waals surface area contributed by atoms with Crippen LogP contribution in [0.25, 0.3) is 10.9 Å². The maximum absolute atomic E-state index is 13.1. The topological polar surface area (TPSA) is 58.1 Å². The first kappa shape index (κ1) is 15.7. The normalized spacial score (nSPS) is 14.3. The molecule has 1 N–H and O–H groups in total. The lowest BCUT2D eigenvalue weighted by molar-refractivity contribution is 0.102. The molecule has 126 valence electrons. The quantitative estimate of drug-likeness (QED) is 0.800. The van der Waals surface area contributed by atoms with Gasteiger partial charge in [0.25, 0.3) is 5.91 Å². The van der Waals surface area contributed by atoms with E-state index in [-0.39, 0.29) is 5.91 Å². The average Bonchev–Trinajstić information content (AvgIpc) is 2.66. The van der Waals surface area contributed by atoms with Gasteiger partial charge in [0.15, 0.2) is 0 Å². The van der Waals surface area contributed by atoms with E-state index >= 15 is 0 Å². The van der Waals surface area contributed by atoms with Gasteiger partial charge in [-0.05, 0) is 24.7 Å². The van der Waals surface area contributed by atoms with E-state index in [0.29, 0.717) is 5.82 Å². The lowest BCUT2D eigenvalue weighted by Crippen LogP contribution is -2.33. The predicted molar refractivity (Wildman–Crippen MR) is 98.6 cm³/mol. The number of pyridine rings is 2. The standard InChI is InChI=1S/C20H20N4O/c1-2-24-12-10-17-15(13-24)19(14-7-3-4-8-16(14)22-17)20(25)23-18-9-5-6-11-21-18/h3-9,11H,2,10,12-13H2,1H3,(H,21,23,25). The molecule has 0 aliphatic carbocycles. The molecule has 1 aliphatic rings. The fourth-order valence-electron chi connectivity index (χ4n) is 3.39. The third kappa shape index (κ3) is 2.98. The van der Waals surface area contributed by atoms with Crippen molar-refractivity contribution < 1.29 is 4.79 Å². The van der Waals surface area contributed by atoms with Gasteiger partial charge in [0.1, 0.15) is 5.82 Å². The van der Waals surface area contributed by atoms with Gasteiger partial charge in [0.05, 0.1) is 11.1 Å². The summed E-state index contributed by atoms with van der Waals surface area (Å²) in [6.07, 6.45) is 2.55. The Balaban J connectivity index is 1.84. The molecule has 0 saturated heterocycles. The lowest BCUT2D eigenvalue weighted by Gasteiger charge is -2.29. The third-order valence-electron chi connectivity index (χ3n) is 4.71. The molecular formula is C20H20N4O. The minimum Gasteiger partial charge on any atom is -0.307 e. The number of aromatic nitrogens is 2. The van der Waals surface area contributed by atoms with Gasteiger partial charge in [-0.15, -0.1) is 0 Å². The highest BCUT2D eigenvalue weighted by Crippen LogP contribution is 2.28. The van der Waals surface area contributed by atoms with Crippen LogP contribution in [0.5, 0.6) is 0 Å². The average molecular weight is 332 g/mol. The number of carbonyl (C=O) groups is 1. The van der Waals surface area contributed by atoms with Crippen LogP contribution in [0, 0.1) is 0 Å². The number of benzene rings is 1. The molecule has 5 nitrogen and oxygen atoms in total. The number of carbonyl (C=O) groups excluding carboxylic acids is 1. The molecule has 0 radical (unpaired) electrons. The molecule has 0 fully saturated rings. The Kier molecular flexibility index (Phi) is 4.15. The molecule has 4 rings (SSSR count). The number of nitrogens with zero attached hydrogens (tertiary/aromatic N) is 3. The lowest BCUT2D eigenvalue weighted by atomic mass is 9.95. The highest BCUT2D eigenvalue weighted by atomic mass is 16.1. The third-order valence-corrected chi connectivity index (χ3v) is 4.71. The van der Waals surface area contributed by atoms with Gasteiger partial charge in [0, 0.05) is 42.4 Å². The van der Waals surface area contributed by atoms with E-state index in [9.17, 15) is 4.79 Å². The number of para-hydroxylation sites is 1. The number of fused-ring (bicyclic) bond motifs is 2. The predicted octanol–water partition coefficient (Wildman–Crippen LogP) is 3.26. The van der Waals surface area contributed by atoms with Crippen molar-refractivity contribution in [2.75, 3.05) is 18.4 Å². The van der Waals surface area contributed by atoms with E-state index in [1.807, 2.05) is 36.4 Å². The summed E-state index contributed by atoms with van der Waals surface area (Å²) >= 11 is 0. The van der Waals surface area contributed by atoms with Gasteiger partial charge in [-0.2, -0.15) is 0 Å². The van der Waals surface area contributed by atoms with Crippen LogP contribution in [-0.4, -0.2) is 33.9 Å². The molecule has 3 aromatic rings. The van der Waals surface area contributed by atoms with Gasteiger partial charge in [-0.3, -0.25) is 14.7 Å². The Hall–Kier alpha value is -2.79. The van der Waals surface area contributed by atoms with Crippen molar-refractivity contribution in [1.29, 1.82) is 0 Å². The van der Waals surface area contributed by atoms with E-state index in [2.05, 4.69) is 22.1 Å².